The summed E-state index contributed by atoms with van der Waals surface area (Å²) in [4.78, 5) is 28.4. The Hall–Kier alpha value is -2.29. The molecule has 0 spiro atoms. The zero-order valence-electron chi connectivity index (χ0n) is 16.2. The van der Waals surface area contributed by atoms with Crippen molar-refractivity contribution in [1.29, 1.82) is 0 Å². The van der Waals surface area contributed by atoms with E-state index in [1.165, 1.54) is 0 Å². The van der Waals surface area contributed by atoms with Gasteiger partial charge in [-0.05, 0) is 55.9 Å². The fourth-order valence-electron chi connectivity index (χ4n) is 3.72. The molecule has 0 bridgehead atoms. The average molecular weight is 409 g/mol. The molecule has 0 aromatic heterocycles. The molecule has 0 atom stereocenters. The van der Waals surface area contributed by atoms with Crippen molar-refractivity contribution < 1.29 is 18.0 Å². The molecule has 2 heterocycles. The highest BCUT2D eigenvalue weighted by atomic mass is 32.2. The maximum Gasteiger partial charge on any atom is 0.321 e. The fourth-order valence-corrected chi connectivity index (χ4v) is 4.29. The summed E-state index contributed by atoms with van der Waals surface area (Å²) in [6, 6.07) is 6.35. The van der Waals surface area contributed by atoms with Crippen molar-refractivity contribution in [2.75, 3.05) is 42.5 Å². The Morgan fingerprint density at radius 2 is 1.54 bits per heavy atom. The molecule has 9 heteroatoms. The molecule has 0 radical (unpaired) electrons. The molecule has 2 aliphatic rings. The molecular weight excluding hydrogens is 380 g/mol. The van der Waals surface area contributed by atoms with Crippen LogP contribution < -0.4 is 10.0 Å². The molecule has 2 N–H and O–H groups in total. The minimum Gasteiger partial charge on any atom is -0.343 e. The van der Waals surface area contributed by atoms with E-state index in [1.54, 1.807) is 29.2 Å². The van der Waals surface area contributed by atoms with Gasteiger partial charge in [0.2, 0.25) is 15.9 Å². The first-order chi connectivity index (χ1) is 13.3. The number of hydrogen-bond acceptors (Lipinski definition) is 4. The van der Waals surface area contributed by atoms with Crippen molar-refractivity contribution in [3.8, 4) is 0 Å². The van der Waals surface area contributed by atoms with Crippen molar-refractivity contribution in [3.63, 3.8) is 0 Å². The molecular formula is C19H28N4O4S. The SMILES string of the molecule is CS(=O)(=O)Nc1ccc(NC(=O)N2CCC(CC(=O)N3CCCC3)CC2)cc1. The van der Waals surface area contributed by atoms with Crippen LogP contribution >= 0.6 is 0 Å². The lowest BCUT2D eigenvalue weighted by Gasteiger charge is -2.32. The Balaban J connectivity index is 1.44. The third kappa shape index (κ3) is 5.85. The van der Waals surface area contributed by atoms with Crippen LogP contribution in [-0.4, -0.2) is 62.6 Å². The van der Waals surface area contributed by atoms with Crippen LogP contribution in [0.25, 0.3) is 0 Å². The van der Waals surface area contributed by atoms with Gasteiger partial charge in [0.05, 0.1) is 6.26 Å². The van der Waals surface area contributed by atoms with E-state index in [-0.39, 0.29) is 11.9 Å². The number of rotatable bonds is 5. The third-order valence-electron chi connectivity index (χ3n) is 5.26. The van der Waals surface area contributed by atoms with Gasteiger partial charge in [0.1, 0.15) is 0 Å². The average Bonchev–Trinajstić information content (AvgIpc) is 3.17. The van der Waals surface area contributed by atoms with E-state index in [4.69, 9.17) is 0 Å². The van der Waals surface area contributed by atoms with Crippen LogP contribution in [0.4, 0.5) is 16.2 Å². The predicted octanol–water partition coefficient (Wildman–Crippen LogP) is 2.31. The van der Waals surface area contributed by atoms with Crippen LogP contribution in [0.1, 0.15) is 32.1 Å². The van der Waals surface area contributed by atoms with Gasteiger partial charge in [0.15, 0.2) is 0 Å². The van der Waals surface area contributed by atoms with Gasteiger partial charge in [-0.15, -0.1) is 0 Å². The Morgan fingerprint density at radius 3 is 2.11 bits per heavy atom. The zero-order valence-corrected chi connectivity index (χ0v) is 17.0. The molecule has 154 valence electrons. The van der Waals surface area contributed by atoms with Crippen LogP contribution in [0.2, 0.25) is 0 Å². The molecule has 0 unspecified atom stereocenters. The van der Waals surface area contributed by atoms with E-state index in [9.17, 15) is 18.0 Å². The Bertz CT molecular complexity index is 796. The molecule has 2 fully saturated rings. The fraction of sp³-hybridized carbons (Fsp3) is 0.579. The summed E-state index contributed by atoms with van der Waals surface area (Å²) in [7, 11) is -3.32. The van der Waals surface area contributed by atoms with E-state index < -0.39 is 10.0 Å². The molecule has 28 heavy (non-hydrogen) atoms. The number of piperidine rings is 1. The summed E-state index contributed by atoms with van der Waals surface area (Å²) in [5.74, 6) is 0.599. The summed E-state index contributed by atoms with van der Waals surface area (Å²) >= 11 is 0. The number of carbonyl (C=O) groups excluding carboxylic acids is 2. The molecule has 1 aromatic rings. The maximum absolute atomic E-state index is 12.4. The van der Waals surface area contributed by atoms with Crippen molar-refractivity contribution >= 4 is 33.3 Å². The first-order valence-electron chi connectivity index (χ1n) is 9.72. The van der Waals surface area contributed by atoms with Crippen LogP contribution in [0.15, 0.2) is 24.3 Å². The minimum absolute atomic E-state index is 0.173. The number of urea groups is 1. The summed E-state index contributed by atoms with van der Waals surface area (Å²) < 4.78 is 24.8. The molecule has 0 saturated carbocycles. The Morgan fingerprint density at radius 1 is 0.964 bits per heavy atom. The monoisotopic (exact) mass is 408 g/mol. The van der Waals surface area contributed by atoms with Gasteiger partial charge in [-0.2, -0.15) is 0 Å². The summed E-state index contributed by atoms with van der Waals surface area (Å²) in [5.41, 5.74) is 1.05. The predicted molar refractivity (Wildman–Crippen MR) is 109 cm³/mol. The second-order valence-corrected chi connectivity index (χ2v) is 9.35. The lowest BCUT2D eigenvalue weighted by atomic mass is 9.93. The normalized spacial score (nSPS) is 18.2. The molecule has 3 amide bonds. The lowest BCUT2D eigenvalue weighted by Crippen LogP contribution is -2.42. The molecule has 2 saturated heterocycles. The third-order valence-corrected chi connectivity index (χ3v) is 5.87. The second-order valence-electron chi connectivity index (χ2n) is 7.60. The van der Waals surface area contributed by atoms with Crippen LogP contribution in [0, 0.1) is 5.92 Å². The number of nitrogens with zero attached hydrogens (tertiary/aromatic N) is 2. The van der Waals surface area contributed by atoms with Gasteiger partial charge in [-0.1, -0.05) is 0 Å². The molecule has 0 aliphatic carbocycles. The number of sulfonamides is 1. The van der Waals surface area contributed by atoms with Gasteiger partial charge in [0, 0.05) is 44.0 Å². The standard InChI is InChI=1S/C19H28N4O4S/c1-28(26,27)21-17-6-4-16(5-7-17)20-19(25)23-12-8-15(9-13-23)14-18(24)22-10-2-3-11-22/h4-7,15,21H,2-3,8-14H2,1H3,(H,20,25). The smallest absolute Gasteiger partial charge is 0.321 e. The van der Waals surface area contributed by atoms with Crippen LogP contribution in [-0.2, 0) is 14.8 Å². The summed E-state index contributed by atoms with van der Waals surface area (Å²) in [6.45, 7) is 3.05. The van der Waals surface area contributed by atoms with E-state index >= 15 is 0 Å². The van der Waals surface area contributed by atoms with Crippen molar-refractivity contribution in [1.82, 2.24) is 9.80 Å². The Kier molecular flexibility index (Phi) is 6.43. The van der Waals surface area contributed by atoms with Crippen molar-refractivity contribution in [3.05, 3.63) is 24.3 Å². The zero-order chi connectivity index (χ0) is 20.1. The van der Waals surface area contributed by atoms with Gasteiger partial charge >= 0.3 is 6.03 Å². The first kappa shape index (κ1) is 20.4. The lowest BCUT2D eigenvalue weighted by molar-refractivity contribution is -0.131. The largest absolute Gasteiger partial charge is 0.343 e. The number of amides is 3. The van der Waals surface area contributed by atoms with Gasteiger partial charge in [0.25, 0.3) is 0 Å². The molecule has 8 nitrogen and oxygen atoms in total. The van der Waals surface area contributed by atoms with Crippen LogP contribution in [0.3, 0.4) is 0 Å². The summed E-state index contributed by atoms with van der Waals surface area (Å²) in [5, 5.41) is 2.84. The Labute approximate surface area is 166 Å². The van der Waals surface area contributed by atoms with Crippen molar-refractivity contribution in [2.24, 2.45) is 5.92 Å². The summed E-state index contributed by atoms with van der Waals surface area (Å²) in [6.07, 6.45) is 5.56. The minimum atomic E-state index is -3.32. The van der Waals surface area contributed by atoms with E-state index in [1.807, 2.05) is 4.90 Å². The van der Waals surface area contributed by atoms with Gasteiger partial charge in [-0.3, -0.25) is 9.52 Å². The van der Waals surface area contributed by atoms with E-state index in [0.29, 0.717) is 36.8 Å². The maximum atomic E-state index is 12.4. The number of carbonyl (C=O) groups is 2. The highest BCUT2D eigenvalue weighted by Gasteiger charge is 2.27. The number of hydrogen-bond donors (Lipinski definition) is 2. The van der Waals surface area contributed by atoms with Gasteiger partial charge in [-0.25, -0.2) is 13.2 Å². The van der Waals surface area contributed by atoms with Crippen molar-refractivity contribution in [2.45, 2.75) is 32.1 Å². The highest BCUT2D eigenvalue weighted by Crippen LogP contribution is 2.23. The number of likely N-dealkylation sites (tertiary alicyclic amines) is 2. The quantitative estimate of drug-likeness (QED) is 0.781. The molecule has 3 rings (SSSR count). The first-order valence-corrected chi connectivity index (χ1v) is 11.6. The number of nitrogens with one attached hydrogen (secondary N) is 2. The second kappa shape index (κ2) is 8.81. The molecule has 2 aliphatic heterocycles. The number of benzene rings is 1. The van der Waals surface area contributed by atoms with E-state index in [0.717, 1.165) is 45.0 Å². The van der Waals surface area contributed by atoms with E-state index in [2.05, 4.69) is 10.0 Å². The molecule has 1 aromatic carbocycles. The highest BCUT2D eigenvalue weighted by molar-refractivity contribution is 7.92. The van der Waals surface area contributed by atoms with Crippen LogP contribution in [0.5, 0.6) is 0 Å². The van der Waals surface area contributed by atoms with Gasteiger partial charge < -0.3 is 15.1 Å². The topological polar surface area (TPSA) is 98.8 Å². The number of anilines is 2.